The Morgan fingerprint density at radius 2 is 2.05 bits per heavy atom. The maximum Gasteiger partial charge on any atom is 0.270 e. The summed E-state index contributed by atoms with van der Waals surface area (Å²) in [6.45, 7) is 2.68. The molecule has 0 saturated carbocycles. The van der Waals surface area contributed by atoms with E-state index in [9.17, 15) is 9.59 Å². The molecule has 0 aliphatic heterocycles. The van der Waals surface area contributed by atoms with Gasteiger partial charge in [0.05, 0.1) is 6.61 Å². The van der Waals surface area contributed by atoms with Crippen molar-refractivity contribution in [2.75, 3.05) is 19.7 Å². The predicted octanol–water partition coefficient (Wildman–Crippen LogP) is 1.37. The number of aromatic nitrogens is 1. The van der Waals surface area contributed by atoms with E-state index in [1.807, 2.05) is 13.0 Å². The minimum atomic E-state index is -0.271. The number of benzene rings is 1. The molecule has 5 heteroatoms. The van der Waals surface area contributed by atoms with Gasteiger partial charge < -0.3 is 15.0 Å². The second-order valence-corrected chi connectivity index (χ2v) is 4.62. The maximum atomic E-state index is 12.4. The van der Waals surface area contributed by atoms with E-state index in [1.165, 1.54) is 0 Å². The minimum absolute atomic E-state index is 0.0937. The van der Waals surface area contributed by atoms with Crippen LogP contribution >= 0.6 is 0 Å². The van der Waals surface area contributed by atoms with Gasteiger partial charge in [0, 0.05) is 18.5 Å². The van der Waals surface area contributed by atoms with E-state index in [0.717, 1.165) is 11.8 Å². The van der Waals surface area contributed by atoms with Crippen LogP contribution in [-0.4, -0.2) is 40.6 Å². The van der Waals surface area contributed by atoms with Gasteiger partial charge >= 0.3 is 0 Å². The monoisotopic (exact) mass is 274 g/mol. The summed E-state index contributed by atoms with van der Waals surface area (Å²) in [5, 5.41) is 10.3. The number of aliphatic hydroxyl groups is 1. The molecule has 0 radical (unpaired) electrons. The van der Waals surface area contributed by atoms with Gasteiger partial charge in [-0.15, -0.1) is 0 Å². The zero-order valence-corrected chi connectivity index (χ0v) is 11.4. The van der Waals surface area contributed by atoms with Crippen LogP contribution in [0.25, 0.3) is 10.8 Å². The Morgan fingerprint density at radius 3 is 2.75 bits per heavy atom. The second-order valence-electron chi connectivity index (χ2n) is 4.62. The molecule has 106 valence electrons. The lowest BCUT2D eigenvalue weighted by Gasteiger charge is -2.20. The van der Waals surface area contributed by atoms with Gasteiger partial charge in [0.1, 0.15) is 5.69 Å². The molecule has 0 fully saturated rings. The van der Waals surface area contributed by atoms with Crippen molar-refractivity contribution in [2.24, 2.45) is 0 Å². The fraction of sp³-hybridized carbons (Fsp3) is 0.333. The SMILES string of the molecule is CCCN(CCO)C(=O)c1cc2ccccc2c(=O)[nH]1. The number of fused-ring (bicyclic) bond motifs is 1. The summed E-state index contributed by atoms with van der Waals surface area (Å²) in [7, 11) is 0. The maximum absolute atomic E-state index is 12.4. The van der Waals surface area contributed by atoms with Gasteiger partial charge in [-0.2, -0.15) is 0 Å². The largest absolute Gasteiger partial charge is 0.395 e. The van der Waals surface area contributed by atoms with Crippen LogP contribution in [0.1, 0.15) is 23.8 Å². The van der Waals surface area contributed by atoms with E-state index < -0.39 is 0 Å². The van der Waals surface area contributed by atoms with Crippen LogP contribution in [0, 0.1) is 0 Å². The first kappa shape index (κ1) is 14.3. The number of aliphatic hydroxyl groups excluding tert-OH is 1. The van der Waals surface area contributed by atoms with E-state index in [2.05, 4.69) is 4.98 Å². The molecule has 1 aromatic heterocycles. The van der Waals surface area contributed by atoms with Crippen molar-refractivity contribution < 1.29 is 9.90 Å². The third-order valence-electron chi connectivity index (χ3n) is 3.13. The Hall–Kier alpha value is -2.14. The van der Waals surface area contributed by atoms with Gasteiger partial charge in [-0.05, 0) is 23.9 Å². The number of nitrogens with one attached hydrogen (secondary N) is 1. The van der Waals surface area contributed by atoms with Crippen LogP contribution in [0.15, 0.2) is 35.1 Å². The van der Waals surface area contributed by atoms with Crippen LogP contribution in [0.5, 0.6) is 0 Å². The molecule has 2 rings (SSSR count). The normalized spacial score (nSPS) is 10.7. The lowest BCUT2D eigenvalue weighted by molar-refractivity contribution is 0.0716. The van der Waals surface area contributed by atoms with E-state index >= 15 is 0 Å². The van der Waals surface area contributed by atoms with Gasteiger partial charge in [0.2, 0.25) is 0 Å². The zero-order valence-electron chi connectivity index (χ0n) is 11.4. The highest BCUT2D eigenvalue weighted by molar-refractivity contribution is 5.96. The Kier molecular flexibility index (Phi) is 4.53. The van der Waals surface area contributed by atoms with Gasteiger partial charge in [0.25, 0.3) is 11.5 Å². The van der Waals surface area contributed by atoms with Gasteiger partial charge in [-0.25, -0.2) is 0 Å². The first-order valence-electron chi connectivity index (χ1n) is 6.69. The van der Waals surface area contributed by atoms with Gasteiger partial charge in [-0.3, -0.25) is 9.59 Å². The van der Waals surface area contributed by atoms with Crippen molar-refractivity contribution >= 4 is 16.7 Å². The molecule has 5 nitrogen and oxygen atoms in total. The third-order valence-corrected chi connectivity index (χ3v) is 3.13. The molecule has 2 aromatic rings. The summed E-state index contributed by atoms with van der Waals surface area (Å²) in [6.07, 6.45) is 0.795. The van der Waals surface area contributed by atoms with Gasteiger partial charge in [0.15, 0.2) is 0 Å². The minimum Gasteiger partial charge on any atom is -0.395 e. The van der Waals surface area contributed by atoms with E-state index in [0.29, 0.717) is 11.9 Å². The number of amides is 1. The van der Waals surface area contributed by atoms with Crippen LogP contribution in [0.2, 0.25) is 0 Å². The number of carbonyl (C=O) groups is 1. The highest BCUT2D eigenvalue weighted by atomic mass is 16.3. The third kappa shape index (κ3) is 2.88. The number of hydrogen-bond acceptors (Lipinski definition) is 3. The number of H-pyrrole nitrogens is 1. The molecule has 2 N–H and O–H groups in total. The summed E-state index contributed by atoms with van der Waals surface area (Å²) in [4.78, 5) is 28.5. The van der Waals surface area contributed by atoms with Crippen molar-refractivity contribution in [2.45, 2.75) is 13.3 Å². The summed E-state index contributed by atoms with van der Waals surface area (Å²) in [6, 6.07) is 8.82. The number of pyridine rings is 1. The van der Waals surface area contributed by atoms with Crippen LogP contribution in [-0.2, 0) is 0 Å². The summed E-state index contributed by atoms with van der Waals surface area (Å²) < 4.78 is 0. The quantitative estimate of drug-likeness (QED) is 0.865. The molecule has 1 amide bonds. The smallest absolute Gasteiger partial charge is 0.270 e. The van der Waals surface area contributed by atoms with Gasteiger partial charge in [-0.1, -0.05) is 25.1 Å². The molecule has 1 aromatic carbocycles. The Balaban J connectivity index is 2.41. The lowest BCUT2D eigenvalue weighted by Crippen LogP contribution is -2.35. The van der Waals surface area contributed by atoms with E-state index in [4.69, 9.17) is 5.11 Å². The molecule has 0 aliphatic rings. The van der Waals surface area contributed by atoms with Crippen molar-refractivity contribution in [1.29, 1.82) is 0 Å². The first-order chi connectivity index (χ1) is 9.67. The summed E-state index contributed by atoms with van der Waals surface area (Å²) >= 11 is 0. The zero-order chi connectivity index (χ0) is 14.5. The van der Waals surface area contributed by atoms with Crippen molar-refractivity contribution in [3.63, 3.8) is 0 Å². The molecule has 1 heterocycles. The van der Waals surface area contributed by atoms with Crippen LogP contribution in [0.3, 0.4) is 0 Å². The van der Waals surface area contributed by atoms with Crippen molar-refractivity contribution in [3.8, 4) is 0 Å². The molecule has 0 unspecified atom stereocenters. The molecular formula is C15H18N2O3. The van der Waals surface area contributed by atoms with E-state index in [1.54, 1.807) is 29.2 Å². The number of carbonyl (C=O) groups excluding carboxylic acids is 1. The fourth-order valence-corrected chi connectivity index (χ4v) is 2.20. The molecule has 20 heavy (non-hydrogen) atoms. The standard InChI is InChI=1S/C15H18N2O3/c1-2-7-17(8-9-18)15(20)13-10-11-5-3-4-6-12(11)14(19)16-13/h3-6,10,18H,2,7-9H2,1H3,(H,16,19). The topological polar surface area (TPSA) is 73.4 Å². The number of nitrogens with zero attached hydrogens (tertiary/aromatic N) is 1. The highest BCUT2D eigenvalue weighted by Gasteiger charge is 2.16. The van der Waals surface area contributed by atoms with Crippen LogP contribution < -0.4 is 5.56 Å². The van der Waals surface area contributed by atoms with Crippen molar-refractivity contribution in [1.82, 2.24) is 9.88 Å². The molecule has 0 bridgehead atoms. The molecule has 0 atom stereocenters. The average molecular weight is 274 g/mol. The second kappa shape index (κ2) is 6.34. The van der Waals surface area contributed by atoms with Crippen LogP contribution in [0.4, 0.5) is 0 Å². The fourth-order valence-electron chi connectivity index (χ4n) is 2.20. The Bertz CT molecular complexity index is 657. The Labute approximate surface area is 116 Å². The molecular weight excluding hydrogens is 256 g/mol. The average Bonchev–Trinajstić information content (AvgIpc) is 2.46. The lowest BCUT2D eigenvalue weighted by atomic mass is 10.1. The van der Waals surface area contributed by atoms with Crippen molar-refractivity contribution in [3.05, 3.63) is 46.4 Å². The predicted molar refractivity (Wildman–Crippen MR) is 77.8 cm³/mol. The number of aromatic amines is 1. The highest BCUT2D eigenvalue weighted by Crippen LogP contribution is 2.11. The van der Waals surface area contributed by atoms with E-state index in [-0.39, 0.29) is 30.3 Å². The first-order valence-corrected chi connectivity index (χ1v) is 6.69. The molecule has 0 saturated heterocycles. The Morgan fingerprint density at radius 1 is 1.30 bits per heavy atom. The summed E-state index contributed by atoms with van der Waals surface area (Å²) in [5.74, 6) is -0.260. The molecule has 0 spiro atoms. The summed E-state index contributed by atoms with van der Waals surface area (Å²) in [5.41, 5.74) is -0.0116. The number of hydrogen-bond donors (Lipinski definition) is 2. The number of rotatable bonds is 5. The molecule has 0 aliphatic carbocycles.